The van der Waals surface area contributed by atoms with Crippen LogP contribution in [0.15, 0.2) is 42.5 Å². The molecule has 1 atom stereocenters. The summed E-state index contributed by atoms with van der Waals surface area (Å²) in [6, 6.07) is 11.7. The van der Waals surface area contributed by atoms with Crippen LogP contribution in [0.1, 0.15) is 30.1 Å². The lowest BCUT2D eigenvalue weighted by atomic mass is 10.2. The van der Waals surface area contributed by atoms with Crippen molar-refractivity contribution in [3.8, 4) is 11.5 Å². The van der Waals surface area contributed by atoms with Crippen molar-refractivity contribution in [2.24, 2.45) is 0 Å². The molecule has 1 saturated heterocycles. The Hall–Kier alpha value is -3.55. The maximum absolute atomic E-state index is 12.4. The summed E-state index contributed by atoms with van der Waals surface area (Å²) in [4.78, 5) is 38.3. The van der Waals surface area contributed by atoms with E-state index in [1.165, 1.54) is 6.92 Å². The zero-order valence-corrected chi connectivity index (χ0v) is 16.6. The fraction of sp³-hybridized carbons (Fsp3) is 0.318. The number of hydrogen-bond donors (Lipinski definition) is 1. The highest BCUT2D eigenvalue weighted by molar-refractivity contribution is 5.98. The van der Waals surface area contributed by atoms with Crippen LogP contribution >= 0.6 is 0 Å². The largest absolute Gasteiger partial charge is 0.486 e. The zero-order valence-electron chi connectivity index (χ0n) is 16.6. The van der Waals surface area contributed by atoms with Crippen LogP contribution < -0.4 is 19.7 Å². The van der Waals surface area contributed by atoms with Gasteiger partial charge in [0, 0.05) is 30.4 Å². The van der Waals surface area contributed by atoms with Gasteiger partial charge in [0.15, 0.2) is 17.6 Å². The average Bonchev–Trinajstić information content (AvgIpc) is 3.19. The number of nitrogens with zero attached hydrogens (tertiary/aromatic N) is 1. The molecule has 1 N–H and O–H groups in total. The van der Waals surface area contributed by atoms with E-state index >= 15 is 0 Å². The van der Waals surface area contributed by atoms with E-state index in [1.807, 2.05) is 0 Å². The molecule has 0 bridgehead atoms. The number of hydrogen-bond acceptors (Lipinski definition) is 6. The third-order valence-electron chi connectivity index (χ3n) is 4.95. The quantitative estimate of drug-likeness (QED) is 0.762. The summed E-state index contributed by atoms with van der Waals surface area (Å²) in [5, 5.41) is 2.70. The first kappa shape index (κ1) is 19.8. The summed E-state index contributed by atoms with van der Waals surface area (Å²) in [6.45, 7) is 3.12. The maximum atomic E-state index is 12.4. The highest BCUT2D eigenvalue weighted by Gasteiger charge is 2.23. The Morgan fingerprint density at radius 3 is 2.50 bits per heavy atom. The first-order valence-corrected chi connectivity index (χ1v) is 9.83. The minimum Gasteiger partial charge on any atom is -0.486 e. The van der Waals surface area contributed by atoms with Crippen LogP contribution in [0, 0.1) is 0 Å². The maximum Gasteiger partial charge on any atom is 0.338 e. The molecule has 30 heavy (non-hydrogen) atoms. The highest BCUT2D eigenvalue weighted by atomic mass is 16.6. The van der Waals surface area contributed by atoms with Gasteiger partial charge in [0.1, 0.15) is 13.2 Å². The standard InChI is InChI=1S/C22H22N2O6/c1-14(21(26)23-16-6-9-18-19(13-16)29-12-11-28-18)30-22(27)15-4-7-17(8-5-15)24-10-2-3-20(24)25/h4-9,13-14H,2-3,10-12H2,1H3,(H,23,26)/t14-/m1/s1. The van der Waals surface area contributed by atoms with Crippen molar-refractivity contribution in [1.82, 2.24) is 0 Å². The van der Waals surface area contributed by atoms with E-state index in [9.17, 15) is 14.4 Å². The number of ether oxygens (including phenoxy) is 3. The van der Waals surface area contributed by atoms with Gasteiger partial charge in [-0.15, -0.1) is 0 Å². The predicted octanol–water partition coefficient (Wildman–Crippen LogP) is 2.77. The summed E-state index contributed by atoms with van der Waals surface area (Å²) >= 11 is 0. The molecule has 4 rings (SSSR count). The summed E-state index contributed by atoms with van der Waals surface area (Å²) in [5.74, 6) is 0.186. The van der Waals surface area contributed by atoms with Crippen molar-refractivity contribution < 1.29 is 28.6 Å². The number of carbonyl (C=O) groups is 3. The highest BCUT2D eigenvalue weighted by Crippen LogP contribution is 2.32. The van der Waals surface area contributed by atoms with Gasteiger partial charge in [0.2, 0.25) is 5.91 Å². The normalized spacial score (nSPS) is 16.2. The summed E-state index contributed by atoms with van der Waals surface area (Å²) in [6.07, 6.45) is 0.379. The second-order valence-corrected chi connectivity index (χ2v) is 7.09. The van der Waals surface area contributed by atoms with Crippen molar-refractivity contribution in [3.05, 3.63) is 48.0 Å². The SMILES string of the molecule is C[C@@H](OC(=O)c1ccc(N2CCCC2=O)cc1)C(=O)Nc1ccc2c(c1)OCCO2. The molecule has 0 radical (unpaired) electrons. The van der Waals surface area contributed by atoms with Crippen LogP contribution in [0.25, 0.3) is 0 Å². The average molecular weight is 410 g/mol. The predicted molar refractivity (Wildman–Crippen MR) is 109 cm³/mol. The zero-order chi connectivity index (χ0) is 21.1. The molecule has 2 aliphatic heterocycles. The van der Waals surface area contributed by atoms with Crippen LogP contribution in [0.3, 0.4) is 0 Å². The fourth-order valence-electron chi connectivity index (χ4n) is 3.35. The Bertz CT molecular complexity index is 972. The molecule has 2 amide bonds. The van der Waals surface area contributed by atoms with Gasteiger partial charge in [-0.1, -0.05) is 0 Å². The van der Waals surface area contributed by atoms with Crippen molar-refractivity contribution in [1.29, 1.82) is 0 Å². The van der Waals surface area contributed by atoms with E-state index < -0.39 is 18.0 Å². The van der Waals surface area contributed by atoms with E-state index in [1.54, 1.807) is 47.4 Å². The minimum absolute atomic E-state index is 0.0785. The van der Waals surface area contributed by atoms with E-state index in [0.717, 1.165) is 12.1 Å². The van der Waals surface area contributed by atoms with Gasteiger partial charge in [0.05, 0.1) is 5.56 Å². The number of amides is 2. The first-order chi connectivity index (χ1) is 14.5. The van der Waals surface area contributed by atoms with Gasteiger partial charge >= 0.3 is 5.97 Å². The Kier molecular flexibility index (Phi) is 5.56. The molecule has 0 unspecified atom stereocenters. The van der Waals surface area contributed by atoms with Gasteiger partial charge in [-0.3, -0.25) is 9.59 Å². The second-order valence-electron chi connectivity index (χ2n) is 7.09. The molecular weight excluding hydrogens is 388 g/mol. The number of esters is 1. The lowest BCUT2D eigenvalue weighted by molar-refractivity contribution is -0.123. The third kappa shape index (κ3) is 4.22. The monoisotopic (exact) mass is 410 g/mol. The molecule has 156 valence electrons. The smallest absolute Gasteiger partial charge is 0.338 e. The minimum atomic E-state index is -0.995. The Labute approximate surface area is 173 Å². The second kappa shape index (κ2) is 8.44. The van der Waals surface area contributed by atoms with Gasteiger partial charge in [-0.2, -0.15) is 0 Å². The lowest BCUT2D eigenvalue weighted by Gasteiger charge is -2.19. The topological polar surface area (TPSA) is 94.2 Å². The van der Waals surface area contributed by atoms with Crippen molar-refractivity contribution in [2.45, 2.75) is 25.9 Å². The molecule has 0 aliphatic carbocycles. The Morgan fingerprint density at radius 2 is 1.80 bits per heavy atom. The molecule has 8 nitrogen and oxygen atoms in total. The summed E-state index contributed by atoms with van der Waals surface area (Å²) < 4.78 is 16.2. The molecule has 0 aromatic heterocycles. The van der Waals surface area contributed by atoms with Gasteiger partial charge in [-0.05, 0) is 49.7 Å². The Morgan fingerprint density at radius 1 is 1.07 bits per heavy atom. The van der Waals surface area contributed by atoms with E-state index in [0.29, 0.717) is 48.9 Å². The molecule has 1 fully saturated rings. The third-order valence-corrected chi connectivity index (χ3v) is 4.95. The van der Waals surface area contributed by atoms with E-state index in [4.69, 9.17) is 14.2 Å². The van der Waals surface area contributed by atoms with Crippen LogP contribution in [0.2, 0.25) is 0 Å². The van der Waals surface area contributed by atoms with Crippen molar-refractivity contribution in [3.63, 3.8) is 0 Å². The molecule has 0 saturated carbocycles. The van der Waals surface area contributed by atoms with E-state index in [2.05, 4.69) is 5.32 Å². The number of nitrogens with one attached hydrogen (secondary N) is 1. The van der Waals surface area contributed by atoms with Gasteiger partial charge in [0.25, 0.3) is 5.91 Å². The number of rotatable bonds is 5. The fourth-order valence-corrected chi connectivity index (χ4v) is 3.35. The molecule has 2 aromatic carbocycles. The molecular formula is C22H22N2O6. The van der Waals surface area contributed by atoms with Crippen LogP contribution in [-0.4, -0.2) is 43.6 Å². The number of fused-ring (bicyclic) bond motifs is 1. The van der Waals surface area contributed by atoms with Crippen LogP contribution in [0.5, 0.6) is 11.5 Å². The molecule has 2 aromatic rings. The number of carbonyl (C=O) groups excluding carboxylic acids is 3. The van der Waals surface area contributed by atoms with Crippen molar-refractivity contribution >= 4 is 29.2 Å². The molecule has 2 aliphatic rings. The molecule has 8 heteroatoms. The number of anilines is 2. The molecule has 0 spiro atoms. The number of benzene rings is 2. The summed E-state index contributed by atoms with van der Waals surface area (Å²) in [5.41, 5.74) is 1.58. The first-order valence-electron chi connectivity index (χ1n) is 9.83. The molecule has 2 heterocycles. The Balaban J connectivity index is 1.34. The summed E-state index contributed by atoms with van der Waals surface area (Å²) in [7, 11) is 0. The van der Waals surface area contributed by atoms with Crippen LogP contribution in [-0.2, 0) is 14.3 Å². The van der Waals surface area contributed by atoms with Crippen molar-refractivity contribution in [2.75, 3.05) is 30.0 Å². The van der Waals surface area contributed by atoms with Crippen LogP contribution in [0.4, 0.5) is 11.4 Å². The van der Waals surface area contributed by atoms with E-state index in [-0.39, 0.29) is 5.91 Å². The van der Waals surface area contributed by atoms with Gasteiger partial charge in [-0.25, -0.2) is 4.79 Å². The lowest BCUT2D eigenvalue weighted by Crippen LogP contribution is -2.30. The van der Waals surface area contributed by atoms with Gasteiger partial charge < -0.3 is 24.4 Å².